The summed E-state index contributed by atoms with van der Waals surface area (Å²) in [6.45, 7) is 2.25. The van der Waals surface area contributed by atoms with Gasteiger partial charge in [-0.3, -0.25) is 0 Å². The third-order valence-electron chi connectivity index (χ3n) is 3.29. The minimum Gasteiger partial charge on any atom is -0.392 e. The number of hydrogen-bond acceptors (Lipinski definition) is 4. The Morgan fingerprint density at radius 1 is 1.50 bits per heavy atom. The molecular weight excluding hydrogens is 285 g/mol. The lowest BCUT2D eigenvalue weighted by Gasteiger charge is -2.33. The first kappa shape index (κ1) is 15.4. The number of ether oxygens (including phenoxy) is 1. The van der Waals surface area contributed by atoms with Crippen LogP contribution in [0.5, 0.6) is 0 Å². The van der Waals surface area contributed by atoms with E-state index >= 15 is 0 Å². The van der Waals surface area contributed by atoms with Crippen molar-refractivity contribution < 1.29 is 22.7 Å². The highest BCUT2D eigenvalue weighted by molar-refractivity contribution is 7.89. The van der Waals surface area contributed by atoms with E-state index in [9.17, 15) is 12.8 Å². The molecule has 1 heterocycles. The Labute approximate surface area is 117 Å². The van der Waals surface area contributed by atoms with E-state index in [2.05, 4.69) is 4.72 Å². The van der Waals surface area contributed by atoms with Crippen LogP contribution >= 0.6 is 0 Å². The Hall–Kier alpha value is -1.02. The number of rotatable bonds is 4. The smallest absolute Gasteiger partial charge is 0.244 e. The van der Waals surface area contributed by atoms with Crippen LogP contribution in [0.1, 0.15) is 25.3 Å². The molecule has 0 aliphatic carbocycles. The zero-order valence-corrected chi connectivity index (χ0v) is 12.0. The fourth-order valence-corrected chi connectivity index (χ4v) is 3.80. The molecule has 0 amide bonds. The normalized spacial score (nSPS) is 23.8. The first-order valence-corrected chi connectivity index (χ1v) is 7.86. The van der Waals surface area contributed by atoms with Gasteiger partial charge in [-0.25, -0.2) is 17.5 Å². The first-order chi connectivity index (χ1) is 9.36. The number of aliphatic hydroxyl groups is 1. The second-order valence-electron chi connectivity index (χ2n) is 5.25. The van der Waals surface area contributed by atoms with E-state index in [1.165, 1.54) is 6.07 Å². The van der Waals surface area contributed by atoms with Gasteiger partial charge in [0.05, 0.1) is 18.8 Å². The molecule has 2 N–H and O–H groups in total. The molecule has 0 spiro atoms. The van der Waals surface area contributed by atoms with Gasteiger partial charge in [0.2, 0.25) is 10.0 Å². The lowest BCUT2D eigenvalue weighted by molar-refractivity contribution is 0.0386. The summed E-state index contributed by atoms with van der Waals surface area (Å²) in [6, 6.07) is 3.53. The average molecular weight is 303 g/mol. The van der Waals surface area contributed by atoms with Gasteiger partial charge in [0.15, 0.2) is 0 Å². The number of sulfonamides is 1. The fraction of sp³-hybridized carbons (Fsp3) is 0.538. The van der Waals surface area contributed by atoms with E-state index in [1.54, 1.807) is 6.92 Å². The third-order valence-corrected chi connectivity index (χ3v) is 4.94. The van der Waals surface area contributed by atoms with Gasteiger partial charge in [-0.05, 0) is 37.5 Å². The minimum atomic E-state index is -4.00. The molecule has 5 nitrogen and oxygen atoms in total. The van der Waals surface area contributed by atoms with Gasteiger partial charge in [-0.15, -0.1) is 0 Å². The van der Waals surface area contributed by atoms with E-state index in [1.807, 2.05) is 0 Å². The zero-order valence-electron chi connectivity index (χ0n) is 11.2. The molecule has 0 saturated carbocycles. The van der Waals surface area contributed by atoms with Crippen molar-refractivity contribution in [3.05, 3.63) is 29.6 Å². The molecule has 1 aromatic carbocycles. The Kier molecular flexibility index (Phi) is 4.43. The van der Waals surface area contributed by atoms with E-state index in [0.717, 1.165) is 18.6 Å². The van der Waals surface area contributed by atoms with Gasteiger partial charge in [0, 0.05) is 6.61 Å². The van der Waals surface area contributed by atoms with Crippen LogP contribution in [0.4, 0.5) is 4.39 Å². The van der Waals surface area contributed by atoms with Crippen LogP contribution < -0.4 is 4.72 Å². The number of benzene rings is 1. The number of hydrogen-bond donors (Lipinski definition) is 2. The van der Waals surface area contributed by atoms with Gasteiger partial charge in [0.1, 0.15) is 10.7 Å². The second-order valence-corrected chi connectivity index (χ2v) is 6.90. The van der Waals surface area contributed by atoms with Crippen LogP contribution in [-0.4, -0.2) is 32.3 Å². The summed E-state index contributed by atoms with van der Waals surface area (Å²) in [6.07, 6.45) is 1.38. The Bertz CT molecular complexity index is 582. The zero-order chi connectivity index (χ0) is 14.8. The molecule has 1 fully saturated rings. The summed E-state index contributed by atoms with van der Waals surface area (Å²) in [7, 11) is -4.00. The van der Waals surface area contributed by atoms with Crippen LogP contribution in [0.15, 0.2) is 23.1 Å². The Morgan fingerprint density at radius 2 is 2.25 bits per heavy atom. The molecular formula is C13H18FNO4S. The van der Waals surface area contributed by atoms with Gasteiger partial charge in [-0.1, -0.05) is 6.07 Å². The van der Waals surface area contributed by atoms with Crippen LogP contribution in [0.25, 0.3) is 0 Å². The molecule has 0 bridgehead atoms. The predicted octanol–water partition coefficient (Wildman–Crippen LogP) is 1.17. The van der Waals surface area contributed by atoms with E-state index < -0.39 is 26.3 Å². The molecule has 1 unspecified atom stereocenters. The molecule has 1 aliphatic rings. The molecule has 7 heteroatoms. The van der Waals surface area contributed by atoms with Crippen molar-refractivity contribution in [2.75, 3.05) is 13.2 Å². The number of halogens is 1. The highest BCUT2D eigenvalue weighted by Gasteiger charge is 2.34. The van der Waals surface area contributed by atoms with Crippen molar-refractivity contribution in [2.24, 2.45) is 0 Å². The maximum atomic E-state index is 13.7. The monoisotopic (exact) mass is 303 g/mol. The summed E-state index contributed by atoms with van der Waals surface area (Å²) >= 11 is 0. The number of aliphatic hydroxyl groups excluding tert-OH is 1. The van der Waals surface area contributed by atoms with Gasteiger partial charge in [-0.2, -0.15) is 0 Å². The molecule has 0 radical (unpaired) electrons. The molecule has 1 saturated heterocycles. The van der Waals surface area contributed by atoms with E-state index in [0.29, 0.717) is 18.6 Å². The summed E-state index contributed by atoms with van der Waals surface area (Å²) < 4.78 is 46.1. The predicted molar refractivity (Wildman–Crippen MR) is 71.1 cm³/mol. The lowest BCUT2D eigenvalue weighted by atomic mass is 9.97. The lowest BCUT2D eigenvalue weighted by Crippen LogP contribution is -2.51. The maximum absolute atomic E-state index is 13.7. The number of nitrogens with one attached hydrogen (secondary N) is 1. The highest BCUT2D eigenvalue weighted by atomic mass is 32.2. The SMILES string of the molecule is CC1(NS(=O)(=O)c2cc(CO)ccc2F)CCCOC1. The van der Waals surface area contributed by atoms with Crippen molar-refractivity contribution in [1.29, 1.82) is 0 Å². The van der Waals surface area contributed by atoms with Crippen LogP contribution in [-0.2, 0) is 21.4 Å². The molecule has 112 valence electrons. The van der Waals surface area contributed by atoms with Crippen molar-refractivity contribution in [2.45, 2.75) is 36.8 Å². The van der Waals surface area contributed by atoms with Crippen molar-refractivity contribution in [1.82, 2.24) is 4.72 Å². The Morgan fingerprint density at radius 3 is 2.85 bits per heavy atom. The van der Waals surface area contributed by atoms with Crippen LogP contribution in [0.3, 0.4) is 0 Å². The van der Waals surface area contributed by atoms with Crippen LogP contribution in [0.2, 0.25) is 0 Å². The maximum Gasteiger partial charge on any atom is 0.244 e. The van der Waals surface area contributed by atoms with Gasteiger partial charge in [0.25, 0.3) is 0 Å². The summed E-state index contributed by atoms with van der Waals surface area (Å²) in [5, 5.41) is 9.03. The quantitative estimate of drug-likeness (QED) is 0.875. The molecule has 2 rings (SSSR count). The summed E-state index contributed by atoms with van der Waals surface area (Å²) in [5.74, 6) is -0.838. The van der Waals surface area contributed by atoms with Gasteiger partial charge >= 0.3 is 0 Å². The summed E-state index contributed by atoms with van der Waals surface area (Å²) in [5.41, 5.74) is -0.393. The van der Waals surface area contributed by atoms with E-state index in [4.69, 9.17) is 9.84 Å². The van der Waals surface area contributed by atoms with Crippen molar-refractivity contribution in [3.63, 3.8) is 0 Å². The molecule has 0 aromatic heterocycles. The average Bonchev–Trinajstić information content (AvgIpc) is 2.38. The third kappa shape index (κ3) is 3.35. The highest BCUT2D eigenvalue weighted by Crippen LogP contribution is 2.23. The standard InChI is InChI=1S/C13H18FNO4S/c1-13(5-2-6-19-9-13)15-20(17,18)12-7-10(8-16)3-4-11(12)14/h3-4,7,15-16H,2,5-6,8-9H2,1H3. The molecule has 1 aromatic rings. The van der Waals surface area contributed by atoms with Crippen molar-refractivity contribution in [3.8, 4) is 0 Å². The van der Waals surface area contributed by atoms with Gasteiger partial charge < -0.3 is 9.84 Å². The first-order valence-electron chi connectivity index (χ1n) is 6.37. The van der Waals surface area contributed by atoms with E-state index in [-0.39, 0.29) is 13.2 Å². The van der Waals surface area contributed by atoms with Crippen molar-refractivity contribution >= 4 is 10.0 Å². The Balaban J connectivity index is 2.30. The largest absolute Gasteiger partial charge is 0.392 e. The minimum absolute atomic E-state index is 0.257. The topological polar surface area (TPSA) is 75.6 Å². The fourth-order valence-electron chi connectivity index (χ4n) is 2.25. The van der Waals surface area contributed by atoms with Crippen LogP contribution in [0, 0.1) is 5.82 Å². The molecule has 1 atom stereocenters. The molecule has 20 heavy (non-hydrogen) atoms. The summed E-state index contributed by atoms with van der Waals surface area (Å²) in [4.78, 5) is -0.448. The molecule has 1 aliphatic heterocycles. The second kappa shape index (κ2) is 5.77.